The molecule has 1 aromatic rings. The predicted molar refractivity (Wildman–Crippen MR) is 102 cm³/mol. The Morgan fingerprint density at radius 2 is 1.50 bits per heavy atom. The third-order valence-corrected chi connectivity index (χ3v) is 4.30. The number of unbranched alkanes of at least 4 members (excludes halogenated alkanes) is 2. The predicted octanol–water partition coefficient (Wildman–Crippen LogP) is 1.81. The third kappa shape index (κ3) is 8.30. The van der Waals surface area contributed by atoms with Crippen molar-refractivity contribution >= 4 is 23.8 Å². The van der Waals surface area contributed by atoms with Crippen molar-refractivity contribution in [3.8, 4) is 0 Å². The molecule has 1 rings (SSSR count). The van der Waals surface area contributed by atoms with Crippen LogP contribution in [0.2, 0.25) is 0 Å². The summed E-state index contributed by atoms with van der Waals surface area (Å²) in [6.45, 7) is 0.479. The van der Waals surface area contributed by atoms with Crippen molar-refractivity contribution < 1.29 is 29.4 Å². The molecule has 8 nitrogen and oxygen atoms in total. The zero-order valence-corrected chi connectivity index (χ0v) is 15.9. The quantitative estimate of drug-likeness (QED) is 0.435. The minimum Gasteiger partial charge on any atom is -0.481 e. The van der Waals surface area contributed by atoms with Gasteiger partial charge in [-0.3, -0.25) is 19.3 Å². The lowest BCUT2D eigenvalue weighted by Crippen LogP contribution is -2.49. The molecular formula is C20H28N2O6. The van der Waals surface area contributed by atoms with Crippen LogP contribution in [0.5, 0.6) is 0 Å². The van der Waals surface area contributed by atoms with E-state index in [9.17, 15) is 24.3 Å². The van der Waals surface area contributed by atoms with Crippen molar-refractivity contribution in [1.29, 1.82) is 0 Å². The fraction of sp³-hybridized carbons (Fsp3) is 0.500. The van der Waals surface area contributed by atoms with Gasteiger partial charge in [0, 0.05) is 12.8 Å². The number of nitrogens with zero attached hydrogens (tertiary/aromatic N) is 1. The van der Waals surface area contributed by atoms with Gasteiger partial charge in [0.15, 0.2) is 0 Å². The Morgan fingerprint density at radius 3 is 2.04 bits per heavy atom. The molecule has 28 heavy (non-hydrogen) atoms. The summed E-state index contributed by atoms with van der Waals surface area (Å²) in [5.74, 6) is -4.21. The zero-order valence-electron chi connectivity index (χ0n) is 15.9. The van der Waals surface area contributed by atoms with Crippen molar-refractivity contribution in [2.75, 3.05) is 6.54 Å². The van der Waals surface area contributed by atoms with E-state index in [2.05, 4.69) is 0 Å². The number of carbonyl (C=O) groups excluding carboxylic acids is 2. The van der Waals surface area contributed by atoms with Gasteiger partial charge in [-0.2, -0.15) is 0 Å². The molecule has 0 saturated heterocycles. The van der Waals surface area contributed by atoms with Crippen molar-refractivity contribution in [1.82, 2.24) is 4.90 Å². The Bertz CT molecular complexity index is 662. The molecule has 0 heterocycles. The first-order chi connectivity index (χ1) is 13.4. The molecule has 0 aliphatic heterocycles. The van der Waals surface area contributed by atoms with Gasteiger partial charge in [0.1, 0.15) is 6.04 Å². The van der Waals surface area contributed by atoms with E-state index in [4.69, 9.17) is 10.8 Å². The number of amides is 2. The number of nitrogens with two attached hydrogens (primary N) is 1. The third-order valence-electron chi connectivity index (χ3n) is 4.30. The highest BCUT2D eigenvalue weighted by Crippen LogP contribution is 2.15. The summed E-state index contributed by atoms with van der Waals surface area (Å²) in [7, 11) is 0. The highest BCUT2D eigenvalue weighted by Gasteiger charge is 2.35. The first-order valence-electron chi connectivity index (χ1n) is 9.40. The standard InChI is InChI=1S/C20H28N2O6/c21-13-6-2-5-11-17(23)22(16(20(27)28)14-19(25)26)18(24)12-7-10-15-8-3-1-4-9-15/h1,3-4,8-9,16H,2,5-7,10-14,21H2,(H,25,26)(H,27,28)/t16-/m0/s1. The Balaban J connectivity index is 2.81. The number of aryl methyl sites for hydroxylation is 1. The summed E-state index contributed by atoms with van der Waals surface area (Å²) in [6.07, 6.45) is 2.00. The number of imide groups is 1. The minimum atomic E-state index is -1.70. The van der Waals surface area contributed by atoms with Crippen LogP contribution >= 0.6 is 0 Å². The van der Waals surface area contributed by atoms with Crippen LogP contribution in [0.1, 0.15) is 50.5 Å². The van der Waals surface area contributed by atoms with Crippen molar-refractivity contribution in [2.24, 2.45) is 5.73 Å². The summed E-state index contributed by atoms with van der Waals surface area (Å²) in [5, 5.41) is 18.4. The summed E-state index contributed by atoms with van der Waals surface area (Å²) in [4.78, 5) is 48.3. The lowest BCUT2D eigenvalue weighted by atomic mass is 10.1. The van der Waals surface area contributed by atoms with E-state index < -0.39 is 36.2 Å². The van der Waals surface area contributed by atoms with Gasteiger partial charge in [0.25, 0.3) is 0 Å². The number of carboxylic acids is 2. The van der Waals surface area contributed by atoms with Crippen molar-refractivity contribution in [3.63, 3.8) is 0 Å². The van der Waals surface area contributed by atoms with Gasteiger partial charge in [-0.25, -0.2) is 4.79 Å². The molecule has 8 heteroatoms. The van der Waals surface area contributed by atoms with Crippen molar-refractivity contribution in [3.05, 3.63) is 35.9 Å². The molecule has 0 spiro atoms. The number of hydrogen-bond donors (Lipinski definition) is 3. The van der Waals surface area contributed by atoms with Crippen LogP contribution in [-0.2, 0) is 25.6 Å². The first-order valence-corrected chi connectivity index (χ1v) is 9.40. The highest BCUT2D eigenvalue weighted by molar-refractivity contribution is 6.00. The highest BCUT2D eigenvalue weighted by atomic mass is 16.4. The molecule has 0 aromatic heterocycles. The monoisotopic (exact) mass is 392 g/mol. The second-order valence-electron chi connectivity index (χ2n) is 6.55. The molecule has 4 N–H and O–H groups in total. The van der Waals surface area contributed by atoms with Crippen LogP contribution in [-0.4, -0.2) is 51.5 Å². The first kappa shape index (κ1) is 23.3. The maximum Gasteiger partial charge on any atom is 0.327 e. The van der Waals surface area contributed by atoms with Crippen LogP contribution in [0.4, 0.5) is 0 Å². The summed E-state index contributed by atoms with van der Waals surface area (Å²) in [6, 6.07) is 7.75. The van der Waals surface area contributed by atoms with E-state index in [1.165, 1.54) is 0 Å². The van der Waals surface area contributed by atoms with Gasteiger partial charge in [0.05, 0.1) is 6.42 Å². The van der Waals surface area contributed by atoms with E-state index in [1.54, 1.807) is 0 Å². The van der Waals surface area contributed by atoms with Gasteiger partial charge in [-0.05, 0) is 37.8 Å². The Hall–Kier alpha value is -2.74. The number of aliphatic carboxylic acids is 2. The topological polar surface area (TPSA) is 138 Å². The van der Waals surface area contributed by atoms with Crippen LogP contribution in [0, 0.1) is 0 Å². The normalized spacial score (nSPS) is 11.6. The SMILES string of the molecule is NCCCCCC(=O)N(C(=O)CCCc1ccccc1)[C@@H](CC(=O)O)C(=O)O. The van der Waals surface area contributed by atoms with Gasteiger partial charge in [-0.15, -0.1) is 0 Å². The molecule has 0 bridgehead atoms. The molecule has 0 fully saturated rings. The van der Waals surface area contributed by atoms with E-state index in [0.717, 1.165) is 12.0 Å². The van der Waals surface area contributed by atoms with Gasteiger partial charge >= 0.3 is 11.9 Å². The number of carbonyl (C=O) groups is 4. The molecule has 0 saturated carbocycles. The average molecular weight is 392 g/mol. The van der Waals surface area contributed by atoms with Crippen molar-refractivity contribution in [2.45, 2.75) is 57.4 Å². The summed E-state index contributed by atoms with van der Waals surface area (Å²) >= 11 is 0. The molecule has 0 unspecified atom stereocenters. The molecule has 0 radical (unpaired) electrons. The molecule has 154 valence electrons. The Morgan fingerprint density at radius 1 is 0.893 bits per heavy atom. The van der Waals surface area contributed by atoms with Crippen LogP contribution < -0.4 is 5.73 Å². The van der Waals surface area contributed by atoms with Gasteiger partial charge in [0.2, 0.25) is 11.8 Å². The maximum absolute atomic E-state index is 12.6. The van der Waals surface area contributed by atoms with Crippen LogP contribution in [0.25, 0.3) is 0 Å². The van der Waals surface area contributed by atoms with E-state index in [0.29, 0.717) is 37.1 Å². The molecule has 0 aliphatic carbocycles. The number of rotatable bonds is 13. The smallest absolute Gasteiger partial charge is 0.327 e. The van der Waals surface area contributed by atoms with Gasteiger partial charge < -0.3 is 15.9 Å². The van der Waals surface area contributed by atoms with Crippen LogP contribution in [0.3, 0.4) is 0 Å². The van der Waals surface area contributed by atoms with Gasteiger partial charge in [-0.1, -0.05) is 36.8 Å². The fourth-order valence-electron chi connectivity index (χ4n) is 2.87. The molecular weight excluding hydrogens is 364 g/mol. The number of benzene rings is 1. The minimum absolute atomic E-state index is 0.0200. The van der Waals surface area contributed by atoms with E-state index in [1.807, 2.05) is 30.3 Å². The maximum atomic E-state index is 12.6. The Kier molecular flexibility index (Phi) is 10.5. The second kappa shape index (κ2) is 12.6. The molecule has 0 aliphatic rings. The largest absolute Gasteiger partial charge is 0.481 e. The van der Waals surface area contributed by atoms with Crippen LogP contribution in [0.15, 0.2) is 30.3 Å². The number of carboxylic acid groups (broad SMARTS) is 2. The lowest BCUT2D eigenvalue weighted by molar-refractivity contribution is -0.160. The lowest BCUT2D eigenvalue weighted by Gasteiger charge is -2.26. The number of hydrogen-bond acceptors (Lipinski definition) is 5. The van der Waals surface area contributed by atoms with E-state index >= 15 is 0 Å². The molecule has 2 amide bonds. The molecule has 1 aromatic carbocycles. The van der Waals surface area contributed by atoms with E-state index in [-0.39, 0.29) is 12.8 Å². The fourth-order valence-corrected chi connectivity index (χ4v) is 2.87. The molecule has 1 atom stereocenters. The summed E-state index contributed by atoms with van der Waals surface area (Å²) in [5.41, 5.74) is 6.43. The second-order valence-corrected chi connectivity index (χ2v) is 6.55. The zero-order chi connectivity index (χ0) is 20.9. The summed E-state index contributed by atoms with van der Waals surface area (Å²) < 4.78 is 0. The Labute approximate surface area is 164 Å². The average Bonchev–Trinajstić information content (AvgIpc) is 2.65.